The minimum Gasteiger partial charge on any atom is -0.381 e. The molecule has 1 N–H and O–H groups in total. The van der Waals surface area contributed by atoms with Gasteiger partial charge in [-0.1, -0.05) is 0 Å². The lowest BCUT2D eigenvalue weighted by Crippen LogP contribution is -2.36. The number of ether oxygens (including phenoxy) is 1. The van der Waals surface area contributed by atoms with Gasteiger partial charge in [0.2, 0.25) is 5.91 Å². The zero-order chi connectivity index (χ0) is 11.1. The van der Waals surface area contributed by atoms with Crippen LogP contribution in [0.5, 0.6) is 0 Å². The van der Waals surface area contributed by atoms with Gasteiger partial charge in [0, 0.05) is 26.8 Å². The van der Waals surface area contributed by atoms with Gasteiger partial charge in [0.1, 0.15) is 0 Å². The second-order valence-corrected chi connectivity index (χ2v) is 4.10. The summed E-state index contributed by atoms with van der Waals surface area (Å²) >= 11 is 0. The van der Waals surface area contributed by atoms with Crippen LogP contribution < -0.4 is 5.32 Å². The predicted molar refractivity (Wildman–Crippen MR) is 59.7 cm³/mol. The molecule has 0 aliphatic carbocycles. The van der Waals surface area contributed by atoms with Gasteiger partial charge in [-0.3, -0.25) is 4.79 Å². The van der Waals surface area contributed by atoms with Crippen LogP contribution in [0.2, 0.25) is 0 Å². The maximum atomic E-state index is 11.4. The molecule has 1 fully saturated rings. The fraction of sp³-hybridized carbons (Fsp3) is 0.909. The lowest BCUT2D eigenvalue weighted by molar-refractivity contribution is -0.128. The van der Waals surface area contributed by atoms with Gasteiger partial charge in [0.15, 0.2) is 0 Å². The quantitative estimate of drug-likeness (QED) is 0.654. The van der Waals surface area contributed by atoms with Crippen molar-refractivity contribution in [3.05, 3.63) is 0 Å². The van der Waals surface area contributed by atoms with E-state index in [0.717, 1.165) is 32.7 Å². The number of carbonyl (C=O) groups excluding carboxylic acids is 1. The first kappa shape index (κ1) is 12.5. The molecular weight excluding hydrogens is 192 g/mol. The summed E-state index contributed by atoms with van der Waals surface area (Å²) in [5.74, 6) is 0.858. The number of nitrogens with one attached hydrogen (secondary N) is 1. The molecule has 4 heteroatoms. The van der Waals surface area contributed by atoms with Gasteiger partial charge in [0.25, 0.3) is 0 Å². The van der Waals surface area contributed by atoms with Crippen molar-refractivity contribution in [3.8, 4) is 0 Å². The van der Waals surface area contributed by atoms with Crippen molar-refractivity contribution >= 4 is 5.91 Å². The fourth-order valence-electron chi connectivity index (χ4n) is 1.62. The molecule has 1 aliphatic heterocycles. The fourth-order valence-corrected chi connectivity index (χ4v) is 1.62. The highest BCUT2D eigenvalue weighted by Gasteiger charge is 2.14. The SMILES string of the molecule is CCN(C)C(=O)CNCCC1CCOC1. The minimum absolute atomic E-state index is 0.167. The first-order valence-corrected chi connectivity index (χ1v) is 5.76. The Morgan fingerprint density at radius 2 is 2.40 bits per heavy atom. The van der Waals surface area contributed by atoms with Crippen molar-refractivity contribution in [2.24, 2.45) is 5.92 Å². The third-order valence-electron chi connectivity index (χ3n) is 2.93. The van der Waals surface area contributed by atoms with Crippen LogP contribution in [-0.2, 0) is 9.53 Å². The normalized spacial score (nSPS) is 20.5. The van der Waals surface area contributed by atoms with Gasteiger partial charge in [-0.05, 0) is 32.2 Å². The monoisotopic (exact) mass is 214 g/mol. The molecule has 0 radical (unpaired) electrons. The minimum atomic E-state index is 0.167. The Hall–Kier alpha value is -0.610. The van der Waals surface area contributed by atoms with Crippen LogP contribution in [-0.4, -0.2) is 50.7 Å². The summed E-state index contributed by atoms with van der Waals surface area (Å²) in [5, 5.41) is 3.18. The van der Waals surface area contributed by atoms with E-state index in [1.165, 1.54) is 6.42 Å². The van der Waals surface area contributed by atoms with Crippen LogP contribution >= 0.6 is 0 Å². The van der Waals surface area contributed by atoms with Crippen molar-refractivity contribution in [1.82, 2.24) is 10.2 Å². The Morgan fingerprint density at radius 3 is 3.00 bits per heavy atom. The van der Waals surface area contributed by atoms with Crippen molar-refractivity contribution in [1.29, 1.82) is 0 Å². The van der Waals surface area contributed by atoms with Crippen LogP contribution in [0, 0.1) is 5.92 Å². The number of likely N-dealkylation sites (N-methyl/N-ethyl adjacent to an activating group) is 1. The summed E-state index contributed by atoms with van der Waals surface area (Å²) in [5.41, 5.74) is 0. The molecule has 1 amide bonds. The van der Waals surface area contributed by atoms with E-state index in [-0.39, 0.29) is 5.91 Å². The Labute approximate surface area is 92.0 Å². The van der Waals surface area contributed by atoms with E-state index in [9.17, 15) is 4.79 Å². The summed E-state index contributed by atoms with van der Waals surface area (Å²) in [6, 6.07) is 0. The summed E-state index contributed by atoms with van der Waals surface area (Å²) in [6.45, 7) is 5.92. The summed E-state index contributed by atoms with van der Waals surface area (Å²) in [7, 11) is 1.83. The first-order chi connectivity index (χ1) is 7.24. The van der Waals surface area contributed by atoms with Gasteiger partial charge in [-0.25, -0.2) is 0 Å². The van der Waals surface area contributed by atoms with Gasteiger partial charge in [0.05, 0.1) is 6.54 Å². The van der Waals surface area contributed by atoms with Crippen LogP contribution in [0.25, 0.3) is 0 Å². The highest BCUT2D eigenvalue weighted by molar-refractivity contribution is 5.77. The molecule has 1 rings (SSSR count). The van der Waals surface area contributed by atoms with Crippen LogP contribution in [0.3, 0.4) is 0 Å². The maximum Gasteiger partial charge on any atom is 0.236 e. The van der Waals surface area contributed by atoms with E-state index in [1.807, 2.05) is 14.0 Å². The molecule has 1 aliphatic rings. The number of hydrogen-bond acceptors (Lipinski definition) is 3. The molecule has 0 aromatic carbocycles. The summed E-state index contributed by atoms with van der Waals surface area (Å²) < 4.78 is 5.29. The van der Waals surface area contributed by atoms with Crippen molar-refractivity contribution in [3.63, 3.8) is 0 Å². The Morgan fingerprint density at radius 1 is 1.60 bits per heavy atom. The molecule has 88 valence electrons. The number of amides is 1. The van der Waals surface area contributed by atoms with Crippen molar-refractivity contribution < 1.29 is 9.53 Å². The average Bonchev–Trinajstić information content (AvgIpc) is 2.75. The predicted octanol–water partition coefficient (Wildman–Crippen LogP) is 0.481. The second kappa shape index (κ2) is 6.80. The van der Waals surface area contributed by atoms with Crippen LogP contribution in [0.4, 0.5) is 0 Å². The highest BCUT2D eigenvalue weighted by Crippen LogP contribution is 2.14. The Bertz CT molecular complexity index is 191. The number of hydrogen-bond donors (Lipinski definition) is 1. The molecule has 1 saturated heterocycles. The molecule has 0 aromatic heterocycles. The molecule has 0 aromatic rings. The van der Waals surface area contributed by atoms with Crippen LogP contribution in [0.1, 0.15) is 19.8 Å². The molecule has 1 atom stereocenters. The van der Waals surface area contributed by atoms with E-state index in [0.29, 0.717) is 12.5 Å². The summed E-state index contributed by atoms with van der Waals surface area (Å²) in [6.07, 6.45) is 2.29. The number of rotatable bonds is 6. The third-order valence-corrected chi connectivity index (χ3v) is 2.93. The molecule has 0 bridgehead atoms. The molecule has 15 heavy (non-hydrogen) atoms. The number of nitrogens with zero attached hydrogens (tertiary/aromatic N) is 1. The largest absolute Gasteiger partial charge is 0.381 e. The molecule has 4 nitrogen and oxygen atoms in total. The summed E-state index contributed by atoms with van der Waals surface area (Å²) in [4.78, 5) is 13.1. The van der Waals surface area contributed by atoms with E-state index in [4.69, 9.17) is 4.74 Å². The molecule has 0 spiro atoms. The lowest BCUT2D eigenvalue weighted by Gasteiger charge is -2.15. The Kier molecular flexibility index (Phi) is 5.65. The van der Waals surface area contributed by atoms with E-state index in [2.05, 4.69) is 5.32 Å². The van der Waals surface area contributed by atoms with Gasteiger partial charge >= 0.3 is 0 Å². The smallest absolute Gasteiger partial charge is 0.236 e. The van der Waals surface area contributed by atoms with Gasteiger partial charge in [-0.2, -0.15) is 0 Å². The van der Waals surface area contributed by atoms with Crippen molar-refractivity contribution in [2.75, 3.05) is 39.9 Å². The van der Waals surface area contributed by atoms with Crippen LogP contribution in [0.15, 0.2) is 0 Å². The zero-order valence-electron chi connectivity index (χ0n) is 9.79. The average molecular weight is 214 g/mol. The van der Waals surface area contributed by atoms with E-state index < -0.39 is 0 Å². The van der Waals surface area contributed by atoms with Gasteiger partial charge < -0.3 is 15.0 Å². The van der Waals surface area contributed by atoms with E-state index in [1.54, 1.807) is 4.90 Å². The van der Waals surface area contributed by atoms with E-state index >= 15 is 0 Å². The molecule has 0 saturated carbocycles. The van der Waals surface area contributed by atoms with Gasteiger partial charge in [-0.15, -0.1) is 0 Å². The standard InChI is InChI=1S/C11H22N2O2/c1-3-13(2)11(14)8-12-6-4-10-5-7-15-9-10/h10,12H,3-9H2,1-2H3. The molecule has 1 heterocycles. The second-order valence-electron chi connectivity index (χ2n) is 4.10. The highest BCUT2D eigenvalue weighted by atomic mass is 16.5. The van der Waals surface area contributed by atoms with Crippen molar-refractivity contribution in [2.45, 2.75) is 19.8 Å². The Balaban J connectivity index is 1.98. The maximum absolute atomic E-state index is 11.4. The molecular formula is C11H22N2O2. The first-order valence-electron chi connectivity index (χ1n) is 5.76. The topological polar surface area (TPSA) is 41.6 Å². The zero-order valence-corrected chi connectivity index (χ0v) is 9.79. The number of carbonyl (C=O) groups is 1. The molecule has 1 unspecified atom stereocenters. The third kappa shape index (κ3) is 4.62. The lowest BCUT2D eigenvalue weighted by atomic mass is 10.1.